The topological polar surface area (TPSA) is 86.1 Å². The molecule has 2 aromatic rings. The van der Waals surface area contributed by atoms with Gasteiger partial charge in [-0.2, -0.15) is 0 Å². The minimum absolute atomic E-state index is 0.0215. The first kappa shape index (κ1) is 20.5. The molecule has 2 rings (SSSR count). The van der Waals surface area contributed by atoms with Gasteiger partial charge in [0.25, 0.3) is 0 Å². The molecule has 0 saturated heterocycles. The van der Waals surface area contributed by atoms with Crippen molar-refractivity contribution in [3.05, 3.63) is 34.1 Å². The lowest BCUT2D eigenvalue weighted by atomic mass is 10.3. The molecule has 0 bridgehead atoms. The Bertz CT molecular complexity index is 793. The monoisotopic (exact) mass is 416 g/mol. The molecule has 0 aliphatic rings. The zero-order chi connectivity index (χ0) is 19.3. The van der Waals surface area contributed by atoms with Crippen molar-refractivity contribution < 1.29 is 14.3 Å². The number of rotatable bonds is 7. The predicted molar refractivity (Wildman–Crippen MR) is 102 cm³/mol. The lowest BCUT2D eigenvalue weighted by molar-refractivity contribution is -0.142. The Labute approximate surface area is 165 Å². The molecule has 1 aromatic carbocycles. The van der Waals surface area contributed by atoms with Crippen LogP contribution in [0, 0.1) is 0 Å². The molecule has 1 heterocycles. The number of halogens is 2. The maximum absolute atomic E-state index is 12.4. The summed E-state index contributed by atoms with van der Waals surface area (Å²) in [5.41, 5.74) is 0.370. The third kappa shape index (κ3) is 5.12. The highest BCUT2D eigenvalue weighted by Gasteiger charge is 2.21. The Morgan fingerprint density at radius 1 is 1.31 bits per heavy atom. The van der Waals surface area contributed by atoms with E-state index in [0.29, 0.717) is 33.3 Å². The van der Waals surface area contributed by atoms with Gasteiger partial charge in [0.15, 0.2) is 5.16 Å². The fourth-order valence-corrected chi connectivity index (χ4v) is 3.32. The molecule has 0 fully saturated rings. The van der Waals surface area contributed by atoms with E-state index < -0.39 is 5.25 Å². The van der Waals surface area contributed by atoms with Gasteiger partial charge in [0, 0.05) is 7.05 Å². The molecular formula is C16H18Cl2N4O3S. The van der Waals surface area contributed by atoms with Crippen molar-refractivity contribution >= 4 is 52.5 Å². The second-order valence-corrected chi connectivity index (χ2v) is 7.41. The van der Waals surface area contributed by atoms with E-state index in [2.05, 4.69) is 15.5 Å². The molecule has 10 heteroatoms. The number of esters is 1. The summed E-state index contributed by atoms with van der Waals surface area (Å²) >= 11 is 13.3. The molecule has 1 N–H and O–H groups in total. The zero-order valence-electron chi connectivity index (χ0n) is 14.5. The second-order valence-electron chi connectivity index (χ2n) is 5.29. The van der Waals surface area contributed by atoms with Crippen molar-refractivity contribution in [2.45, 2.75) is 30.7 Å². The van der Waals surface area contributed by atoms with Crippen molar-refractivity contribution in [2.75, 3.05) is 11.9 Å². The number of anilines is 1. The van der Waals surface area contributed by atoms with Crippen LogP contribution in [0.4, 0.5) is 5.69 Å². The Hall–Kier alpha value is -1.77. The van der Waals surface area contributed by atoms with Crippen molar-refractivity contribution in [1.29, 1.82) is 0 Å². The van der Waals surface area contributed by atoms with E-state index in [9.17, 15) is 9.59 Å². The number of amides is 1. The minimum atomic E-state index is -0.485. The summed E-state index contributed by atoms with van der Waals surface area (Å²) in [6.45, 7) is 3.77. The standard InChI is InChI=1S/C16H18Cl2N4O3S/c1-4-25-13(23)8-12-20-21-16(22(12)3)26-9(2)15(24)19-14-10(17)6-5-7-11(14)18/h5-7,9H,4,8H2,1-3H3,(H,19,24)/t9-/m1/s1. The van der Waals surface area contributed by atoms with Crippen LogP contribution in [0.2, 0.25) is 10.0 Å². The summed E-state index contributed by atoms with van der Waals surface area (Å²) in [6, 6.07) is 4.99. The van der Waals surface area contributed by atoms with Crippen LogP contribution >= 0.6 is 35.0 Å². The molecule has 0 aliphatic carbocycles. The van der Waals surface area contributed by atoms with Gasteiger partial charge in [-0.15, -0.1) is 10.2 Å². The largest absolute Gasteiger partial charge is 0.466 e. The third-order valence-electron chi connectivity index (χ3n) is 3.40. The molecule has 0 saturated carbocycles. The molecule has 1 amide bonds. The summed E-state index contributed by atoms with van der Waals surface area (Å²) in [7, 11) is 1.73. The van der Waals surface area contributed by atoms with Gasteiger partial charge in [0.2, 0.25) is 5.91 Å². The Morgan fingerprint density at radius 3 is 2.58 bits per heavy atom. The number of aromatic nitrogens is 3. The molecule has 26 heavy (non-hydrogen) atoms. The maximum Gasteiger partial charge on any atom is 0.313 e. The van der Waals surface area contributed by atoms with Crippen LogP contribution in [0.25, 0.3) is 0 Å². The van der Waals surface area contributed by atoms with E-state index in [1.165, 1.54) is 11.8 Å². The molecular weight excluding hydrogens is 399 g/mol. The smallest absolute Gasteiger partial charge is 0.313 e. The lowest BCUT2D eigenvalue weighted by Crippen LogP contribution is -2.23. The number of carbonyl (C=O) groups is 2. The quantitative estimate of drug-likeness (QED) is 0.549. The van der Waals surface area contributed by atoms with E-state index in [1.807, 2.05) is 0 Å². The maximum atomic E-state index is 12.4. The summed E-state index contributed by atoms with van der Waals surface area (Å²) in [5, 5.41) is 11.5. The summed E-state index contributed by atoms with van der Waals surface area (Å²) in [5.74, 6) is -0.189. The second kappa shape index (κ2) is 9.25. The van der Waals surface area contributed by atoms with Crippen LogP contribution in [-0.4, -0.2) is 38.5 Å². The Morgan fingerprint density at radius 2 is 1.96 bits per heavy atom. The highest BCUT2D eigenvalue weighted by molar-refractivity contribution is 8.00. The Balaban J connectivity index is 2.03. The minimum Gasteiger partial charge on any atom is -0.466 e. The number of hydrogen-bond donors (Lipinski definition) is 1. The predicted octanol–water partition coefficient (Wildman–Crippen LogP) is 3.35. The lowest BCUT2D eigenvalue weighted by Gasteiger charge is -2.13. The summed E-state index contributed by atoms with van der Waals surface area (Å²) in [6.07, 6.45) is 0.0215. The number of ether oxygens (including phenoxy) is 1. The number of nitrogens with one attached hydrogen (secondary N) is 1. The fraction of sp³-hybridized carbons (Fsp3) is 0.375. The summed E-state index contributed by atoms with van der Waals surface area (Å²) in [4.78, 5) is 24.0. The van der Waals surface area contributed by atoms with Gasteiger partial charge in [-0.05, 0) is 26.0 Å². The number of thioether (sulfide) groups is 1. The van der Waals surface area contributed by atoms with Crippen LogP contribution in [0.15, 0.2) is 23.4 Å². The van der Waals surface area contributed by atoms with Gasteiger partial charge >= 0.3 is 5.97 Å². The molecule has 0 radical (unpaired) electrons. The number of carbonyl (C=O) groups excluding carboxylic acids is 2. The van der Waals surface area contributed by atoms with E-state index in [1.54, 1.807) is 43.7 Å². The van der Waals surface area contributed by atoms with Crippen molar-refractivity contribution in [3.63, 3.8) is 0 Å². The molecule has 140 valence electrons. The third-order valence-corrected chi connectivity index (χ3v) is 5.16. The van der Waals surface area contributed by atoms with E-state index in [-0.39, 0.29) is 18.3 Å². The molecule has 1 aromatic heterocycles. The molecule has 0 aliphatic heterocycles. The molecule has 0 spiro atoms. The molecule has 7 nitrogen and oxygen atoms in total. The van der Waals surface area contributed by atoms with Crippen molar-refractivity contribution in [3.8, 4) is 0 Å². The number of hydrogen-bond acceptors (Lipinski definition) is 6. The van der Waals surface area contributed by atoms with Crippen molar-refractivity contribution in [2.24, 2.45) is 7.05 Å². The van der Waals surface area contributed by atoms with Crippen LogP contribution in [-0.2, 0) is 27.8 Å². The zero-order valence-corrected chi connectivity index (χ0v) is 16.8. The van der Waals surface area contributed by atoms with E-state index in [0.717, 1.165) is 0 Å². The average molecular weight is 417 g/mol. The van der Waals surface area contributed by atoms with Gasteiger partial charge in [0.05, 0.1) is 27.6 Å². The summed E-state index contributed by atoms with van der Waals surface area (Å²) < 4.78 is 6.56. The first-order chi connectivity index (χ1) is 12.3. The molecule has 0 unspecified atom stereocenters. The number of benzene rings is 1. The van der Waals surface area contributed by atoms with Crippen LogP contribution in [0.5, 0.6) is 0 Å². The van der Waals surface area contributed by atoms with Gasteiger partial charge in [-0.3, -0.25) is 9.59 Å². The van der Waals surface area contributed by atoms with Gasteiger partial charge in [-0.25, -0.2) is 0 Å². The SMILES string of the molecule is CCOC(=O)Cc1nnc(S[C@H](C)C(=O)Nc2c(Cl)cccc2Cl)n1C. The van der Waals surface area contributed by atoms with E-state index in [4.69, 9.17) is 27.9 Å². The van der Waals surface area contributed by atoms with E-state index >= 15 is 0 Å². The number of nitrogens with zero attached hydrogens (tertiary/aromatic N) is 3. The highest BCUT2D eigenvalue weighted by atomic mass is 35.5. The fourth-order valence-electron chi connectivity index (χ4n) is 2.00. The van der Waals surface area contributed by atoms with Crippen LogP contribution in [0.1, 0.15) is 19.7 Å². The van der Waals surface area contributed by atoms with Gasteiger partial charge in [-0.1, -0.05) is 41.0 Å². The van der Waals surface area contributed by atoms with Crippen LogP contribution < -0.4 is 5.32 Å². The first-order valence-electron chi connectivity index (χ1n) is 7.78. The number of para-hydroxylation sites is 1. The van der Waals surface area contributed by atoms with Gasteiger partial charge < -0.3 is 14.6 Å². The normalized spacial score (nSPS) is 11.9. The Kier molecular flexibility index (Phi) is 7.31. The molecule has 1 atom stereocenters. The van der Waals surface area contributed by atoms with Gasteiger partial charge in [0.1, 0.15) is 12.2 Å². The first-order valence-corrected chi connectivity index (χ1v) is 9.42. The average Bonchev–Trinajstić information content (AvgIpc) is 2.91. The van der Waals surface area contributed by atoms with Crippen LogP contribution in [0.3, 0.4) is 0 Å². The highest BCUT2D eigenvalue weighted by Crippen LogP contribution is 2.31. The van der Waals surface area contributed by atoms with Crippen molar-refractivity contribution in [1.82, 2.24) is 14.8 Å².